The van der Waals surface area contributed by atoms with Crippen LogP contribution in [0.5, 0.6) is 5.75 Å². The molecule has 0 spiro atoms. The van der Waals surface area contributed by atoms with E-state index in [2.05, 4.69) is 10.2 Å². The summed E-state index contributed by atoms with van der Waals surface area (Å²) >= 11 is 0. The van der Waals surface area contributed by atoms with Crippen molar-refractivity contribution in [2.24, 2.45) is 5.90 Å². The fourth-order valence-corrected chi connectivity index (χ4v) is 1.61. The van der Waals surface area contributed by atoms with E-state index in [1.807, 2.05) is 26.8 Å². The molecule has 0 saturated carbocycles. The first-order valence-corrected chi connectivity index (χ1v) is 6.34. The normalized spacial score (nSPS) is 11.1. The molecule has 1 aromatic carbocycles. The van der Waals surface area contributed by atoms with Gasteiger partial charge in [0, 0.05) is 5.69 Å². The van der Waals surface area contributed by atoms with Gasteiger partial charge in [0.25, 0.3) is 0 Å². The summed E-state index contributed by atoms with van der Waals surface area (Å²) < 4.78 is 10.4. The van der Waals surface area contributed by atoms with Crippen LogP contribution in [0.15, 0.2) is 18.2 Å². The van der Waals surface area contributed by atoms with Gasteiger partial charge in [0.1, 0.15) is 11.4 Å². The van der Waals surface area contributed by atoms with Gasteiger partial charge in [0.15, 0.2) is 0 Å². The smallest absolute Gasteiger partial charge is 0.412 e. The number of anilines is 1. The fraction of sp³-hybridized carbons (Fsp3) is 0.500. The first kappa shape index (κ1) is 16.3. The minimum absolute atomic E-state index is 0.343. The van der Waals surface area contributed by atoms with E-state index in [-0.39, 0.29) is 0 Å². The molecule has 0 unspecified atom stereocenters. The molecular weight excluding hydrogens is 260 g/mol. The third-order valence-corrected chi connectivity index (χ3v) is 2.44. The van der Waals surface area contributed by atoms with Gasteiger partial charge < -0.3 is 14.3 Å². The van der Waals surface area contributed by atoms with Crippen molar-refractivity contribution < 1.29 is 19.1 Å². The maximum absolute atomic E-state index is 11.8. The van der Waals surface area contributed by atoms with E-state index < -0.39 is 11.7 Å². The summed E-state index contributed by atoms with van der Waals surface area (Å²) in [4.78, 5) is 16.4. The van der Waals surface area contributed by atoms with Crippen molar-refractivity contribution in [3.8, 4) is 5.75 Å². The quantitative estimate of drug-likeness (QED) is 0.811. The maximum Gasteiger partial charge on any atom is 0.412 e. The number of benzene rings is 1. The number of hydrogen-bond donors (Lipinski definition) is 2. The van der Waals surface area contributed by atoms with Gasteiger partial charge in [-0.2, -0.15) is 0 Å². The van der Waals surface area contributed by atoms with Crippen LogP contribution in [0.1, 0.15) is 26.3 Å². The lowest BCUT2D eigenvalue weighted by Gasteiger charge is -2.20. The van der Waals surface area contributed by atoms with Crippen molar-refractivity contribution in [3.63, 3.8) is 0 Å². The predicted octanol–water partition coefficient (Wildman–Crippen LogP) is 2.47. The lowest BCUT2D eigenvalue weighted by atomic mass is 10.1. The molecule has 0 heterocycles. The molecule has 1 aromatic rings. The zero-order valence-corrected chi connectivity index (χ0v) is 12.4. The molecule has 0 aliphatic heterocycles. The Balaban J connectivity index is 2.84. The highest BCUT2D eigenvalue weighted by Gasteiger charge is 2.17. The van der Waals surface area contributed by atoms with Crippen LogP contribution in [0.25, 0.3) is 0 Å². The van der Waals surface area contributed by atoms with Crippen LogP contribution in [0, 0.1) is 0 Å². The average Bonchev–Trinajstić information content (AvgIpc) is 2.35. The number of ether oxygens (including phenoxy) is 2. The fourth-order valence-electron chi connectivity index (χ4n) is 1.61. The lowest BCUT2D eigenvalue weighted by molar-refractivity contribution is 0.0635. The molecule has 6 heteroatoms. The Hall–Kier alpha value is -1.79. The topological polar surface area (TPSA) is 82.8 Å². The first-order valence-electron chi connectivity index (χ1n) is 6.34. The molecule has 0 saturated heterocycles. The Morgan fingerprint density at radius 2 is 2.05 bits per heavy atom. The Labute approximate surface area is 119 Å². The van der Waals surface area contributed by atoms with Crippen molar-refractivity contribution >= 4 is 11.8 Å². The van der Waals surface area contributed by atoms with Gasteiger partial charge >= 0.3 is 6.09 Å². The van der Waals surface area contributed by atoms with Gasteiger partial charge in [-0.1, -0.05) is 0 Å². The van der Waals surface area contributed by atoms with Crippen LogP contribution >= 0.6 is 0 Å². The number of rotatable bonds is 5. The van der Waals surface area contributed by atoms with Crippen molar-refractivity contribution in [1.29, 1.82) is 0 Å². The molecule has 1 rings (SSSR count). The Bertz CT molecular complexity index is 455. The van der Waals surface area contributed by atoms with Crippen LogP contribution < -0.4 is 16.0 Å². The van der Waals surface area contributed by atoms with E-state index in [4.69, 9.17) is 15.4 Å². The van der Waals surface area contributed by atoms with Gasteiger partial charge in [-0.25, -0.2) is 10.7 Å². The molecule has 112 valence electrons. The minimum Gasteiger partial charge on any atom is -0.497 e. The highest BCUT2D eigenvalue weighted by Crippen LogP contribution is 2.23. The molecular formula is C14H22N2O4. The molecule has 0 aliphatic rings. The van der Waals surface area contributed by atoms with E-state index in [9.17, 15) is 4.79 Å². The number of nitrogens with one attached hydrogen (secondary N) is 1. The highest BCUT2D eigenvalue weighted by atomic mass is 16.6. The van der Waals surface area contributed by atoms with Gasteiger partial charge in [-0.3, -0.25) is 5.32 Å². The molecule has 3 N–H and O–H groups in total. The number of amides is 1. The molecule has 0 radical (unpaired) electrons. The van der Waals surface area contributed by atoms with E-state index in [1.165, 1.54) is 0 Å². The molecule has 6 nitrogen and oxygen atoms in total. The van der Waals surface area contributed by atoms with Crippen molar-refractivity contribution in [2.45, 2.75) is 32.8 Å². The summed E-state index contributed by atoms with van der Waals surface area (Å²) in [5, 5.41) is 2.71. The first-order chi connectivity index (χ1) is 9.35. The summed E-state index contributed by atoms with van der Waals surface area (Å²) in [5.74, 6) is 5.74. The second kappa shape index (κ2) is 7.12. The summed E-state index contributed by atoms with van der Waals surface area (Å²) in [7, 11) is 1.58. The zero-order valence-electron chi connectivity index (χ0n) is 12.4. The van der Waals surface area contributed by atoms with Gasteiger partial charge in [0.2, 0.25) is 0 Å². The van der Waals surface area contributed by atoms with Gasteiger partial charge in [0.05, 0.1) is 13.7 Å². The number of nitrogens with two attached hydrogens (primary N) is 1. The van der Waals surface area contributed by atoms with E-state index in [0.29, 0.717) is 24.5 Å². The Kier molecular flexibility index (Phi) is 5.79. The maximum atomic E-state index is 11.8. The molecule has 0 bridgehead atoms. The van der Waals surface area contributed by atoms with Crippen LogP contribution in [-0.2, 0) is 16.0 Å². The van der Waals surface area contributed by atoms with Gasteiger partial charge in [-0.05, 0) is 51.0 Å². The number of methoxy groups -OCH3 is 1. The third kappa shape index (κ3) is 5.46. The second-order valence-corrected chi connectivity index (χ2v) is 5.27. The second-order valence-electron chi connectivity index (χ2n) is 5.27. The van der Waals surface area contributed by atoms with Crippen molar-refractivity contribution in [1.82, 2.24) is 0 Å². The number of carbonyl (C=O) groups excluding carboxylic acids is 1. The average molecular weight is 282 g/mol. The van der Waals surface area contributed by atoms with Gasteiger partial charge in [-0.15, -0.1) is 0 Å². The van der Waals surface area contributed by atoms with E-state index in [1.54, 1.807) is 19.2 Å². The monoisotopic (exact) mass is 282 g/mol. The predicted molar refractivity (Wildman–Crippen MR) is 76.7 cm³/mol. The summed E-state index contributed by atoms with van der Waals surface area (Å²) in [6, 6.07) is 5.35. The van der Waals surface area contributed by atoms with E-state index >= 15 is 0 Å². The Morgan fingerprint density at radius 1 is 1.35 bits per heavy atom. The Morgan fingerprint density at radius 3 is 2.60 bits per heavy atom. The minimum atomic E-state index is -0.545. The summed E-state index contributed by atoms with van der Waals surface area (Å²) in [6.07, 6.45) is 0.0522. The standard InChI is InChI=1S/C14H22N2O4/c1-14(2,3)20-13(17)16-12-6-5-11(18-4)9-10(12)7-8-19-15/h5-6,9H,7-8,15H2,1-4H3,(H,16,17). The number of hydrogen-bond acceptors (Lipinski definition) is 5. The largest absolute Gasteiger partial charge is 0.497 e. The zero-order chi connectivity index (χ0) is 15.2. The third-order valence-electron chi connectivity index (χ3n) is 2.44. The van der Waals surface area contributed by atoms with Crippen LogP contribution in [0.4, 0.5) is 10.5 Å². The summed E-state index contributed by atoms with van der Waals surface area (Å²) in [5.41, 5.74) is 0.967. The lowest BCUT2D eigenvalue weighted by Crippen LogP contribution is -2.27. The molecule has 0 atom stereocenters. The van der Waals surface area contributed by atoms with Crippen molar-refractivity contribution in [3.05, 3.63) is 23.8 Å². The van der Waals surface area contributed by atoms with Crippen LogP contribution in [0.2, 0.25) is 0 Å². The highest BCUT2D eigenvalue weighted by molar-refractivity contribution is 5.86. The van der Waals surface area contributed by atoms with Crippen LogP contribution in [0.3, 0.4) is 0 Å². The van der Waals surface area contributed by atoms with Crippen molar-refractivity contribution in [2.75, 3.05) is 19.0 Å². The van der Waals surface area contributed by atoms with Crippen LogP contribution in [-0.4, -0.2) is 25.4 Å². The summed E-state index contributed by atoms with van der Waals surface area (Å²) in [6.45, 7) is 5.77. The molecule has 1 amide bonds. The molecule has 0 aromatic heterocycles. The molecule has 20 heavy (non-hydrogen) atoms. The molecule has 0 fully saturated rings. The molecule has 0 aliphatic carbocycles. The number of carbonyl (C=O) groups is 1. The SMILES string of the molecule is COc1ccc(NC(=O)OC(C)(C)C)c(CCON)c1. The van der Waals surface area contributed by atoms with E-state index in [0.717, 1.165) is 5.56 Å².